The van der Waals surface area contributed by atoms with Crippen LogP contribution in [-0.2, 0) is 4.79 Å². The molecule has 6 heteroatoms. The van der Waals surface area contributed by atoms with Crippen molar-refractivity contribution >= 4 is 17.7 Å². The van der Waals surface area contributed by atoms with E-state index in [9.17, 15) is 14.4 Å². The summed E-state index contributed by atoms with van der Waals surface area (Å²) in [7, 11) is 0. The number of benzene rings is 1. The summed E-state index contributed by atoms with van der Waals surface area (Å²) in [6.07, 6.45) is 0.887. The molecule has 128 valence electrons. The maximum absolute atomic E-state index is 12.3. The van der Waals surface area contributed by atoms with Crippen LogP contribution in [-0.4, -0.2) is 71.7 Å². The van der Waals surface area contributed by atoms with Gasteiger partial charge in [-0.25, -0.2) is 0 Å². The van der Waals surface area contributed by atoms with Crippen molar-refractivity contribution in [1.82, 2.24) is 14.7 Å². The molecular formula is C18H23N3O3. The fourth-order valence-corrected chi connectivity index (χ4v) is 3.30. The van der Waals surface area contributed by atoms with Crippen molar-refractivity contribution in [3.05, 3.63) is 35.4 Å². The number of amides is 3. The molecule has 1 aromatic carbocycles. The molecule has 0 saturated carbocycles. The second-order valence-corrected chi connectivity index (χ2v) is 6.23. The lowest BCUT2D eigenvalue weighted by Gasteiger charge is -2.34. The molecule has 0 bridgehead atoms. The summed E-state index contributed by atoms with van der Waals surface area (Å²) in [6, 6.07) is 6.86. The molecule has 1 saturated heterocycles. The van der Waals surface area contributed by atoms with Crippen molar-refractivity contribution in [1.29, 1.82) is 0 Å². The lowest BCUT2D eigenvalue weighted by atomic mass is 10.1. The second kappa shape index (κ2) is 7.13. The van der Waals surface area contributed by atoms with Crippen molar-refractivity contribution in [2.45, 2.75) is 19.8 Å². The third-order valence-electron chi connectivity index (χ3n) is 4.82. The molecule has 0 aromatic heterocycles. The summed E-state index contributed by atoms with van der Waals surface area (Å²) in [5, 5.41) is 0. The predicted molar refractivity (Wildman–Crippen MR) is 89.7 cm³/mol. The number of carbonyl (C=O) groups excluding carboxylic acids is 3. The van der Waals surface area contributed by atoms with Crippen LogP contribution < -0.4 is 0 Å². The number of imide groups is 1. The molecular weight excluding hydrogens is 306 g/mol. The zero-order valence-electron chi connectivity index (χ0n) is 14.0. The van der Waals surface area contributed by atoms with Crippen LogP contribution in [0.4, 0.5) is 0 Å². The Kier molecular flexibility index (Phi) is 4.94. The summed E-state index contributed by atoms with van der Waals surface area (Å²) in [5.41, 5.74) is 0.925. The van der Waals surface area contributed by atoms with Crippen molar-refractivity contribution in [3.8, 4) is 0 Å². The maximum atomic E-state index is 12.3. The highest BCUT2D eigenvalue weighted by Crippen LogP contribution is 2.22. The van der Waals surface area contributed by atoms with E-state index in [1.165, 1.54) is 4.90 Å². The predicted octanol–water partition coefficient (Wildman–Crippen LogP) is 1.23. The molecule has 2 aliphatic heterocycles. The first-order valence-corrected chi connectivity index (χ1v) is 8.57. The van der Waals surface area contributed by atoms with Crippen LogP contribution in [0, 0.1) is 0 Å². The van der Waals surface area contributed by atoms with E-state index in [1.54, 1.807) is 24.3 Å². The van der Waals surface area contributed by atoms with Crippen LogP contribution in [0.2, 0.25) is 0 Å². The zero-order chi connectivity index (χ0) is 17.1. The van der Waals surface area contributed by atoms with Gasteiger partial charge in [0.1, 0.15) is 0 Å². The lowest BCUT2D eigenvalue weighted by Crippen LogP contribution is -2.48. The molecule has 2 heterocycles. The number of hydrogen-bond acceptors (Lipinski definition) is 4. The summed E-state index contributed by atoms with van der Waals surface area (Å²) in [4.78, 5) is 42.2. The highest BCUT2D eigenvalue weighted by molar-refractivity contribution is 6.21. The summed E-state index contributed by atoms with van der Waals surface area (Å²) in [6.45, 7) is 6.80. The monoisotopic (exact) mass is 329 g/mol. The van der Waals surface area contributed by atoms with Gasteiger partial charge in [-0.05, 0) is 25.1 Å². The van der Waals surface area contributed by atoms with E-state index in [0.29, 0.717) is 30.5 Å². The van der Waals surface area contributed by atoms with Gasteiger partial charge in [0, 0.05) is 39.1 Å². The summed E-state index contributed by atoms with van der Waals surface area (Å²) < 4.78 is 0. The van der Waals surface area contributed by atoms with Crippen LogP contribution in [0.5, 0.6) is 0 Å². The Hall–Kier alpha value is -2.21. The minimum Gasteiger partial charge on any atom is -0.340 e. The first-order valence-electron chi connectivity index (χ1n) is 8.57. The first kappa shape index (κ1) is 16.6. The van der Waals surface area contributed by atoms with Crippen molar-refractivity contribution < 1.29 is 14.4 Å². The Morgan fingerprint density at radius 3 is 2.12 bits per heavy atom. The Labute approximate surface area is 142 Å². The van der Waals surface area contributed by atoms with Gasteiger partial charge in [-0.15, -0.1) is 0 Å². The lowest BCUT2D eigenvalue weighted by molar-refractivity contribution is -0.133. The van der Waals surface area contributed by atoms with Crippen LogP contribution >= 0.6 is 0 Å². The van der Waals surface area contributed by atoms with Crippen molar-refractivity contribution in [2.75, 3.05) is 39.3 Å². The fourth-order valence-electron chi connectivity index (χ4n) is 3.30. The molecule has 1 aromatic rings. The number of nitrogens with zero attached hydrogens (tertiary/aromatic N) is 3. The molecule has 6 nitrogen and oxygen atoms in total. The van der Waals surface area contributed by atoms with Gasteiger partial charge < -0.3 is 9.80 Å². The molecule has 2 aliphatic rings. The number of hydrogen-bond donors (Lipinski definition) is 0. The van der Waals surface area contributed by atoms with Gasteiger partial charge in [0.05, 0.1) is 11.1 Å². The third kappa shape index (κ3) is 3.19. The molecule has 0 spiro atoms. The van der Waals surface area contributed by atoms with Gasteiger partial charge in [-0.1, -0.05) is 19.1 Å². The largest absolute Gasteiger partial charge is 0.340 e. The maximum Gasteiger partial charge on any atom is 0.261 e. The smallest absolute Gasteiger partial charge is 0.261 e. The molecule has 0 radical (unpaired) electrons. The van der Waals surface area contributed by atoms with Gasteiger partial charge >= 0.3 is 0 Å². The number of rotatable bonds is 5. The van der Waals surface area contributed by atoms with Crippen molar-refractivity contribution in [2.24, 2.45) is 0 Å². The van der Waals surface area contributed by atoms with Gasteiger partial charge in [0.15, 0.2) is 0 Å². The summed E-state index contributed by atoms with van der Waals surface area (Å²) >= 11 is 0. The average molecular weight is 329 g/mol. The Morgan fingerprint density at radius 1 is 1.00 bits per heavy atom. The Balaban J connectivity index is 1.48. The Bertz CT molecular complexity index is 616. The van der Waals surface area contributed by atoms with Crippen LogP contribution in [0.25, 0.3) is 0 Å². The molecule has 24 heavy (non-hydrogen) atoms. The van der Waals surface area contributed by atoms with Gasteiger partial charge in [0.25, 0.3) is 11.8 Å². The van der Waals surface area contributed by atoms with E-state index in [2.05, 4.69) is 11.8 Å². The molecule has 0 atom stereocenters. The van der Waals surface area contributed by atoms with E-state index in [1.807, 2.05) is 4.90 Å². The van der Waals surface area contributed by atoms with E-state index < -0.39 is 0 Å². The zero-order valence-corrected chi connectivity index (χ0v) is 14.0. The van der Waals surface area contributed by atoms with Crippen LogP contribution in [0.1, 0.15) is 40.5 Å². The van der Waals surface area contributed by atoms with Gasteiger partial charge in [-0.2, -0.15) is 0 Å². The molecule has 0 N–H and O–H groups in total. The fraction of sp³-hybridized carbons (Fsp3) is 0.500. The molecule has 0 aliphatic carbocycles. The number of likely N-dealkylation sites (N-methyl/N-ethyl adjacent to an activating group) is 1. The highest BCUT2D eigenvalue weighted by Gasteiger charge is 2.34. The quantitative estimate of drug-likeness (QED) is 0.762. The normalized spacial score (nSPS) is 18.2. The van der Waals surface area contributed by atoms with Crippen LogP contribution in [0.3, 0.4) is 0 Å². The number of fused-ring (bicyclic) bond motifs is 1. The number of carbonyl (C=O) groups is 3. The van der Waals surface area contributed by atoms with E-state index >= 15 is 0 Å². The van der Waals surface area contributed by atoms with E-state index in [4.69, 9.17) is 0 Å². The van der Waals surface area contributed by atoms with Crippen molar-refractivity contribution in [3.63, 3.8) is 0 Å². The standard InChI is InChI=1S/C18H23N3O3/c1-2-19-10-12-20(13-11-19)16(22)8-5-9-21-17(23)14-6-3-4-7-15(14)18(21)24/h3-4,6-7H,2,5,8-13H2,1H3. The SMILES string of the molecule is CCN1CCN(C(=O)CCCN2C(=O)c3ccccc3C2=O)CC1. The third-order valence-corrected chi connectivity index (χ3v) is 4.82. The van der Waals surface area contributed by atoms with Gasteiger partial charge in [-0.3, -0.25) is 19.3 Å². The van der Waals surface area contributed by atoms with E-state index in [0.717, 1.165) is 32.7 Å². The Morgan fingerprint density at radius 2 is 1.58 bits per heavy atom. The highest BCUT2D eigenvalue weighted by atomic mass is 16.2. The first-order chi connectivity index (χ1) is 11.6. The minimum atomic E-state index is -0.250. The molecule has 0 unspecified atom stereocenters. The van der Waals surface area contributed by atoms with E-state index in [-0.39, 0.29) is 17.7 Å². The second-order valence-electron chi connectivity index (χ2n) is 6.23. The molecule has 3 rings (SSSR count). The minimum absolute atomic E-state index is 0.113. The summed E-state index contributed by atoms with van der Waals surface area (Å²) in [5.74, 6) is -0.387. The van der Waals surface area contributed by atoms with Crippen LogP contribution in [0.15, 0.2) is 24.3 Å². The number of piperazine rings is 1. The average Bonchev–Trinajstić information content (AvgIpc) is 2.87. The molecule has 1 fully saturated rings. The molecule has 3 amide bonds. The van der Waals surface area contributed by atoms with Gasteiger partial charge in [0.2, 0.25) is 5.91 Å². The topological polar surface area (TPSA) is 60.9 Å².